The van der Waals surface area contributed by atoms with Crippen LogP contribution in [0.15, 0.2) is 10.5 Å². The van der Waals surface area contributed by atoms with E-state index in [-0.39, 0.29) is 11.3 Å². The topological polar surface area (TPSA) is 49.8 Å². The minimum atomic E-state index is -0.0221. The molecule has 3 heteroatoms. The Kier molecular flexibility index (Phi) is 2.36. The van der Waals surface area contributed by atoms with Crippen molar-refractivity contribution >= 4 is 11.8 Å². The predicted molar refractivity (Wildman–Crippen MR) is 59.3 cm³/mol. The summed E-state index contributed by atoms with van der Waals surface area (Å²) in [5.41, 5.74) is 7.67. The van der Waals surface area contributed by atoms with E-state index in [0.29, 0.717) is 5.41 Å². The zero-order valence-corrected chi connectivity index (χ0v) is 9.53. The van der Waals surface area contributed by atoms with E-state index in [1.807, 2.05) is 0 Å². The predicted octanol–water partition coefficient (Wildman–Crippen LogP) is 2.62. The van der Waals surface area contributed by atoms with E-state index in [1.165, 1.54) is 16.9 Å². The third kappa shape index (κ3) is 1.57. The molecule has 0 fully saturated rings. The summed E-state index contributed by atoms with van der Waals surface area (Å²) >= 11 is 1.72. The molecule has 2 atom stereocenters. The molecule has 0 spiro atoms. The van der Waals surface area contributed by atoms with E-state index < -0.39 is 0 Å². The fourth-order valence-electron chi connectivity index (χ4n) is 2.28. The molecule has 1 aliphatic heterocycles. The Morgan fingerprint density at radius 3 is 2.93 bits per heavy atom. The first-order valence-corrected chi connectivity index (χ1v) is 5.95. The van der Waals surface area contributed by atoms with Gasteiger partial charge in [-0.3, -0.25) is 0 Å². The summed E-state index contributed by atoms with van der Waals surface area (Å²) < 4.78 is 0. The van der Waals surface area contributed by atoms with Crippen LogP contribution in [0.25, 0.3) is 0 Å². The molecule has 0 amide bonds. The minimum Gasteiger partial charge on any atom is -0.318 e. The van der Waals surface area contributed by atoms with Crippen molar-refractivity contribution in [2.24, 2.45) is 17.1 Å². The molecule has 0 aromatic carbocycles. The maximum Gasteiger partial charge on any atom is 0.0931 e. The van der Waals surface area contributed by atoms with Gasteiger partial charge < -0.3 is 5.73 Å². The highest BCUT2D eigenvalue weighted by molar-refractivity contribution is 8.03. The third-order valence-corrected chi connectivity index (χ3v) is 4.43. The molecule has 14 heavy (non-hydrogen) atoms. The van der Waals surface area contributed by atoms with Crippen LogP contribution >= 0.6 is 11.8 Å². The summed E-state index contributed by atoms with van der Waals surface area (Å²) in [7, 11) is 0. The van der Waals surface area contributed by atoms with Crippen LogP contribution in [0.5, 0.6) is 0 Å². The van der Waals surface area contributed by atoms with Crippen molar-refractivity contribution in [1.82, 2.24) is 0 Å². The average Bonchev–Trinajstić information content (AvgIpc) is 2.37. The van der Waals surface area contributed by atoms with E-state index in [0.717, 1.165) is 12.8 Å². The third-order valence-electron chi connectivity index (χ3n) is 3.19. The quantitative estimate of drug-likeness (QED) is 0.665. The zero-order chi connectivity index (χ0) is 10.3. The van der Waals surface area contributed by atoms with E-state index >= 15 is 0 Å². The van der Waals surface area contributed by atoms with Crippen LogP contribution < -0.4 is 5.73 Å². The van der Waals surface area contributed by atoms with Crippen LogP contribution in [0, 0.1) is 22.7 Å². The molecule has 0 aromatic heterocycles. The Balaban J connectivity index is 2.26. The van der Waals surface area contributed by atoms with Crippen molar-refractivity contribution < 1.29 is 0 Å². The highest BCUT2D eigenvalue weighted by atomic mass is 32.2. The number of allylic oxidation sites excluding steroid dienone is 1. The molecule has 76 valence electrons. The maximum absolute atomic E-state index is 9.03. The first-order valence-electron chi connectivity index (χ1n) is 5.07. The summed E-state index contributed by atoms with van der Waals surface area (Å²) in [6.07, 6.45) is 3.37. The fourth-order valence-corrected chi connectivity index (χ4v) is 3.82. The molecular weight excluding hydrogens is 192 g/mol. The van der Waals surface area contributed by atoms with Gasteiger partial charge in [0.2, 0.25) is 0 Å². The van der Waals surface area contributed by atoms with Crippen molar-refractivity contribution in [1.29, 1.82) is 5.26 Å². The molecule has 0 saturated heterocycles. The van der Waals surface area contributed by atoms with Crippen LogP contribution in [-0.2, 0) is 0 Å². The van der Waals surface area contributed by atoms with Gasteiger partial charge in [-0.15, -0.1) is 11.8 Å². The lowest BCUT2D eigenvalue weighted by atomic mass is 9.76. The number of nitrogens with zero attached hydrogens (tertiary/aromatic N) is 1. The summed E-state index contributed by atoms with van der Waals surface area (Å²) in [5, 5.41) is 9.01. The van der Waals surface area contributed by atoms with Crippen molar-refractivity contribution in [3.05, 3.63) is 10.5 Å². The van der Waals surface area contributed by atoms with Crippen molar-refractivity contribution in [2.75, 3.05) is 0 Å². The van der Waals surface area contributed by atoms with Gasteiger partial charge in [0.05, 0.1) is 17.4 Å². The second kappa shape index (κ2) is 3.29. The van der Waals surface area contributed by atoms with Gasteiger partial charge in [0, 0.05) is 0 Å². The van der Waals surface area contributed by atoms with Gasteiger partial charge in [-0.25, -0.2) is 0 Å². The molecule has 0 saturated carbocycles. The molecular formula is C11H16N2S. The van der Waals surface area contributed by atoms with Crippen LogP contribution in [0.3, 0.4) is 0 Å². The second-order valence-electron chi connectivity index (χ2n) is 4.98. The van der Waals surface area contributed by atoms with Crippen molar-refractivity contribution in [2.45, 2.75) is 38.5 Å². The number of nitriles is 1. The number of rotatable bonds is 0. The summed E-state index contributed by atoms with van der Waals surface area (Å²) in [4.78, 5) is 1.40. The Bertz CT molecular complexity index is 325. The van der Waals surface area contributed by atoms with Crippen LogP contribution in [0.1, 0.15) is 33.1 Å². The summed E-state index contributed by atoms with van der Waals surface area (Å²) in [5.74, 6) is -0.0221. The molecule has 2 nitrogen and oxygen atoms in total. The van der Waals surface area contributed by atoms with Gasteiger partial charge in [0.25, 0.3) is 0 Å². The highest BCUT2D eigenvalue weighted by Gasteiger charge is 2.38. The van der Waals surface area contributed by atoms with Gasteiger partial charge in [0.15, 0.2) is 0 Å². The Hall–Kier alpha value is -0.460. The molecule has 1 heterocycles. The summed E-state index contributed by atoms with van der Waals surface area (Å²) in [6, 6.07) is 2.34. The van der Waals surface area contributed by atoms with E-state index in [2.05, 4.69) is 19.9 Å². The largest absolute Gasteiger partial charge is 0.318 e. The second-order valence-corrected chi connectivity index (χ2v) is 6.25. The normalized spacial score (nSPS) is 35.3. The molecule has 2 aliphatic rings. The standard InChI is InChI=1S/C11H16N2S/c1-11(2)4-3-7-8(6-12)10(13)14-9(7)5-11/h8,10H,3-5,13H2,1-2H3. The van der Waals surface area contributed by atoms with Gasteiger partial charge in [-0.05, 0) is 35.2 Å². The molecule has 1 aliphatic carbocycles. The first kappa shape index (κ1) is 10.1. The monoisotopic (exact) mass is 208 g/mol. The van der Waals surface area contributed by atoms with E-state index in [9.17, 15) is 0 Å². The van der Waals surface area contributed by atoms with E-state index in [1.54, 1.807) is 11.8 Å². The molecule has 0 bridgehead atoms. The lowest BCUT2D eigenvalue weighted by Crippen LogP contribution is -2.23. The van der Waals surface area contributed by atoms with Crippen LogP contribution in [0.4, 0.5) is 0 Å². The average molecular weight is 208 g/mol. The van der Waals surface area contributed by atoms with Gasteiger partial charge in [-0.1, -0.05) is 13.8 Å². The van der Waals surface area contributed by atoms with Gasteiger partial charge in [0.1, 0.15) is 0 Å². The Morgan fingerprint density at radius 2 is 2.29 bits per heavy atom. The number of hydrogen-bond donors (Lipinski definition) is 1. The Labute approximate surface area is 89.5 Å². The summed E-state index contributed by atoms with van der Waals surface area (Å²) in [6.45, 7) is 4.59. The SMILES string of the molecule is CC1(C)CCC2=C(C1)SC(N)C2C#N. The fraction of sp³-hybridized carbons (Fsp3) is 0.727. The zero-order valence-electron chi connectivity index (χ0n) is 8.71. The lowest BCUT2D eigenvalue weighted by Gasteiger charge is -2.30. The van der Waals surface area contributed by atoms with Crippen molar-refractivity contribution in [3.63, 3.8) is 0 Å². The van der Waals surface area contributed by atoms with Crippen LogP contribution in [0.2, 0.25) is 0 Å². The van der Waals surface area contributed by atoms with E-state index in [4.69, 9.17) is 11.0 Å². The molecule has 0 aromatic rings. The molecule has 2 N–H and O–H groups in total. The number of thioether (sulfide) groups is 1. The maximum atomic E-state index is 9.03. The minimum absolute atomic E-state index is 0.0149. The van der Waals surface area contributed by atoms with Gasteiger partial charge >= 0.3 is 0 Å². The molecule has 0 radical (unpaired) electrons. The number of nitrogens with two attached hydrogens (primary N) is 1. The lowest BCUT2D eigenvalue weighted by molar-refractivity contribution is 0.317. The van der Waals surface area contributed by atoms with Gasteiger partial charge in [-0.2, -0.15) is 5.26 Å². The smallest absolute Gasteiger partial charge is 0.0931 e. The number of hydrogen-bond acceptors (Lipinski definition) is 3. The van der Waals surface area contributed by atoms with Crippen LogP contribution in [-0.4, -0.2) is 5.37 Å². The first-order chi connectivity index (χ1) is 6.53. The molecule has 2 unspecified atom stereocenters. The highest BCUT2D eigenvalue weighted by Crippen LogP contribution is 2.51. The molecule has 2 rings (SSSR count). The Morgan fingerprint density at radius 1 is 1.57 bits per heavy atom. The van der Waals surface area contributed by atoms with Crippen molar-refractivity contribution in [3.8, 4) is 6.07 Å².